The minimum absolute atomic E-state index is 0.249. The third-order valence-electron chi connectivity index (χ3n) is 3.65. The van der Waals surface area contributed by atoms with Crippen LogP contribution in [0.15, 0.2) is 58.5 Å². The van der Waals surface area contributed by atoms with Gasteiger partial charge in [0.25, 0.3) is 0 Å². The molecule has 0 saturated carbocycles. The molecule has 0 aliphatic heterocycles. The molecule has 4 N–H and O–H groups in total. The number of nitrogens with one attached hydrogen (secondary N) is 2. The van der Waals surface area contributed by atoms with Crippen LogP contribution >= 0.6 is 0 Å². The molecule has 0 heterocycles. The first kappa shape index (κ1) is 19.6. The number of nitrogens with zero attached hydrogens (tertiary/aromatic N) is 2. The zero-order chi connectivity index (χ0) is 18.5. The van der Waals surface area contributed by atoms with Crippen LogP contribution in [-0.4, -0.2) is 61.9 Å². The lowest BCUT2D eigenvalue weighted by molar-refractivity contribution is 0.474. The molecule has 2 aromatic carbocycles. The maximum atomic E-state index is 9.61. The van der Waals surface area contributed by atoms with E-state index < -0.39 is 0 Å². The Morgan fingerprint density at radius 1 is 0.654 bits per heavy atom. The standard InChI is InChI=1S/C20H26N4O2/c25-19-7-3-1-5-17(19)15-23-13-11-21-9-10-22-12-14-24-16-18-6-2-4-8-20(18)26/h1-8,15-16,21-22,25-26H,9-14H2. The summed E-state index contributed by atoms with van der Waals surface area (Å²) >= 11 is 0. The highest BCUT2D eigenvalue weighted by Crippen LogP contribution is 2.13. The molecule has 2 aromatic rings. The molecule has 0 bridgehead atoms. The summed E-state index contributed by atoms with van der Waals surface area (Å²) in [6, 6.07) is 14.3. The molecule has 0 saturated heterocycles. The second kappa shape index (κ2) is 11.8. The highest BCUT2D eigenvalue weighted by molar-refractivity contribution is 5.83. The van der Waals surface area contributed by atoms with Crippen molar-refractivity contribution in [2.75, 3.05) is 39.3 Å². The number of aromatic hydroxyl groups is 2. The summed E-state index contributed by atoms with van der Waals surface area (Å²) in [5.41, 5.74) is 1.47. The smallest absolute Gasteiger partial charge is 0.124 e. The first-order valence-electron chi connectivity index (χ1n) is 8.74. The Kier molecular flexibility index (Phi) is 8.89. The van der Waals surface area contributed by atoms with Crippen LogP contribution in [0.25, 0.3) is 0 Å². The van der Waals surface area contributed by atoms with Crippen molar-refractivity contribution in [3.63, 3.8) is 0 Å². The second-order valence-electron chi connectivity index (χ2n) is 5.69. The van der Waals surface area contributed by atoms with E-state index in [0.717, 1.165) is 37.3 Å². The van der Waals surface area contributed by atoms with Gasteiger partial charge in [0, 0.05) is 49.7 Å². The van der Waals surface area contributed by atoms with Gasteiger partial charge in [-0.1, -0.05) is 24.3 Å². The predicted molar refractivity (Wildman–Crippen MR) is 107 cm³/mol. The summed E-state index contributed by atoms with van der Waals surface area (Å²) in [6.45, 7) is 4.62. The van der Waals surface area contributed by atoms with Crippen molar-refractivity contribution in [1.29, 1.82) is 0 Å². The minimum Gasteiger partial charge on any atom is -0.507 e. The van der Waals surface area contributed by atoms with Gasteiger partial charge in [-0.25, -0.2) is 0 Å². The zero-order valence-electron chi connectivity index (χ0n) is 14.8. The van der Waals surface area contributed by atoms with Gasteiger partial charge >= 0.3 is 0 Å². The number of phenols is 2. The molecule has 138 valence electrons. The van der Waals surface area contributed by atoms with E-state index in [4.69, 9.17) is 0 Å². The molecule has 0 radical (unpaired) electrons. The van der Waals surface area contributed by atoms with Gasteiger partial charge in [-0.05, 0) is 24.3 Å². The van der Waals surface area contributed by atoms with Crippen LogP contribution < -0.4 is 10.6 Å². The van der Waals surface area contributed by atoms with E-state index in [1.165, 1.54) is 0 Å². The third kappa shape index (κ3) is 7.46. The third-order valence-corrected chi connectivity index (χ3v) is 3.65. The highest BCUT2D eigenvalue weighted by Gasteiger charge is 1.95. The van der Waals surface area contributed by atoms with Crippen molar-refractivity contribution in [2.45, 2.75) is 0 Å². The molecule has 6 heteroatoms. The predicted octanol–water partition coefficient (Wildman–Crippen LogP) is 1.81. The van der Waals surface area contributed by atoms with Crippen molar-refractivity contribution in [3.05, 3.63) is 59.7 Å². The second-order valence-corrected chi connectivity index (χ2v) is 5.69. The van der Waals surface area contributed by atoms with E-state index in [2.05, 4.69) is 20.6 Å². The first-order chi connectivity index (χ1) is 12.8. The van der Waals surface area contributed by atoms with Gasteiger partial charge in [0.05, 0.1) is 13.1 Å². The SMILES string of the molecule is Oc1ccccc1C=NCCNCCNCCN=Cc1ccccc1O. The number of hydrogen-bond acceptors (Lipinski definition) is 6. The number of para-hydroxylation sites is 2. The maximum absolute atomic E-state index is 9.61. The topological polar surface area (TPSA) is 89.2 Å². The van der Waals surface area contributed by atoms with Crippen LogP contribution in [0.3, 0.4) is 0 Å². The Balaban J connectivity index is 1.46. The lowest BCUT2D eigenvalue weighted by atomic mass is 10.2. The lowest BCUT2D eigenvalue weighted by Crippen LogP contribution is -2.30. The maximum Gasteiger partial charge on any atom is 0.124 e. The minimum atomic E-state index is 0.249. The summed E-state index contributed by atoms with van der Waals surface area (Å²) in [5, 5.41) is 25.8. The number of aliphatic imine (C=N–C) groups is 2. The van der Waals surface area contributed by atoms with Crippen LogP contribution in [0, 0.1) is 0 Å². The molecule has 0 spiro atoms. The summed E-state index contributed by atoms with van der Waals surface area (Å²) in [4.78, 5) is 8.58. The van der Waals surface area contributed by atoms with Gasteiger partial charge in [-0.15, -0.1) is 0 Å². The summed E-state index contributed by atoms with van der Waals surface area (Å²) in [5.74, 6) is 0.497. The quantitative estimate of drug-likeness (QED) is 0.366. The van der Waals surface area contributed by atoms with Crippen LogP contribution in [0.1, 0.15) is 11.1 Å². The fourth-order valence-electron chi connectivity index (χ4n) is 2.23. The number of rotatable bonds is 11. The Morgan fingerprint density at radius 2 is 1.08 bits per heavy atom. The molecule has 0 amide bonds. The van der Waals surface area contributed by atoms with Crippen molar-refractivity contribution < 1.29 is 10.2 Å². The summed E-state index contributed by atoms with van der Waals surface area (Å²) < 4.78 is 0. The van der Waals surface area contributed by atoms with Gasteiger partial charge in [-0.2, -0.15) is 0 Å². The van der Waals surface area contributed by atoms with Crippen molar-refractivity contribution in [2.24, 2.45) is 9.98 Å². The van der Waals surface area contributed by atoms with Gasteiger partial charge in [0.1, 0.15) is 11.5 Å². The average molecular weight is 354 g/mol. The van der Waals surface area contributed by atoms with Crippen molar-refractivity contribution in [1.82, 2.24) is 10.6 Å². The molecule has 26 heavy (non-hydrogen) atoms. The zero-order valence-corrected chi connectivity index (χ0v) is 14.8. The van der Waals surface area contributed by atoms with E-state index >= 15 is 0 Å². The Labute approximate surface area is 154 Å². The van der Waals surface area contributed by atoms with Crippen molar-refractivity contribution in [3.8, 4) is 11.5 Å². The number of phenolic OH excluding ortho intramolecular Hbond substituents is 2. The van der Waals surface area contributed by atoms with E-state index in [9.17, 15) is 10.2 Å². The molecule has 0 fully saturated rings. The van der Waals surface area contributed by atoms with Gasteiger partial charge in [0.15, 0.2) is 0 Å². The van der Waals surface area contributed by atoms with E-state index in [0.29, 0.717) is 13.1 Å². The van der Waals surface area contributed by atoms with Gasteiger partial charge in [0.2, 0.25) is 0 Å². The molecule has 0 unspecified atom stereocenters. The normalized spacial score (nSPS) is 11.5. The largest absolute Gasteiger partial charge is 0.507 e. The molecule has 2 rings (SSSR count). The fourth-order valence-corrected chi connectivity index (χ4v) is 2.23. The summed E-state index contributed by atoms with van der Waals surface area (Å²) in [7, 11) is 0. The van der Waals surface area contributed by atoms with Crippen molar-refractivity contribution >= 4 is 12.4 Å². The lowest BCUT2D eigenvalue weighted by Gasteiger charge is -2.04. The monoisotopic (exact) mass is 354 g/mol. The fraction of sp³-hybridized carbons (Fsp3) is 0.300. The molecule has 0 aromatic heterocycles. The Morgan fingerprint density at radius 3 is 1.50 bits per heavy atom. The molecule has 0 aliphatic carbocycles. The van der Waals surface area contributed by atoms with Crippen LogP contribution in [0.2, 0.25) is 0 Å². The Hall–Kier alpha value is -2.70. The molecular formula is C20H26N4O2. The molecule has 6 nitrogen and oxygen atoms in total. The van der Waals surface area contributed by atoms with E-state index in [1.807, 2.05) is 24.3 Å². The number of hydrogen-bond donors (Lipinski definition) is 4. The average Bonchev–Trinajstić information content (AvgIpc) is 2.65. The van der Waals surface area contributed by atoms with Gasteiger partial charge < -0.3 is 20.8 Å². The van der Waals surface area contributed by atoms with Crippen LogP contribution in [-0.2, 0) is 0 Å². The Bertz CT molecular complexity index is 655. The number of benzene rings is 2. The van der Waals surface area contributed by atoms with E-state index in [-0.39, 0.29) is 11.5 Å². The van der Waals surface area contributed by atoms with E-state index in [1.54, 1.807) is 36.7 Å². The van der Waals surface area contributed by atoms with Crippen LogP contribution in [0.5, 0.6) is 11.5 Å². The first-order valence-corrected chi connectivity index (χ1v) is 8.74. The molecule has 0 aliphatic rings. The van der Waals surface area contributed by atoms with Crippen LogP contribution in [0.4, 0.5) is 0 Å². The molecular weight excluding hydrogens is 328 g/mol. The molecule has 0 atom stereocenters. The van der Waals surface area contributed by atoms with Gasteiger partial charge in [-0.3, -0.25) is 9.98 Å². The summed E-state index contributed by atoms with van der Waals surface area (Å²) in [6.07, 6.45) is 3.38. The highest BCUT2D eigenvalue weighted by atomic mass is 16.3.